The van der Waals surface area contributed by atoms with Gasteiger partial charge in [0.05, 0.1) is 6.61 Å². The molecule has 0 aromatic heterocycles. The van der Waals surface area contributed by atoms with Crippen LogP contribution in [0.2, 0.25) is 0 Å². The molecule has 1 fully saturated rings. The molecule has 176 valence electrons. The van der Waals surface area contributed by atoms with Crippen molar-refractivity contribution in [1.82, 2.24) is 0 Å². The Morgan fingerprint density at radius 2 is 1.44 bits per heavy atom. The van der Waals surface area contributed by atoms with E-state index in [9.17, 15) is 4.79 Å². The van der Waals surface area contributed by atoms with Crippen molar-refractivity contribution in [1.29, 1.82) is 0 Å². The van der Waals surface area contributed by atoms with Crippen LogP contribution in [0.3, 0.4) is 0 Å². The predicted octanol–water partition coefficient (Wildman–Crippen LogP) is 8.01. The molecule has 1 saturated carbocycles. The van der Waals surface area contributed by atoms with Gasteiger partial charge < -0.3 is 9.53 Å². The van der Waals surface area contributed by atoms with E-state index in [-0.39, 0.29) is 0 Å². The Hall–Kier alpha value is -2.19. The van der Waals surface area contributed by atoms with Crippen molar-refractivity contribution in [3.63, 3.8) is 0 Å². The fourth-order valence-corrected chi connectivity index (χ4v) is 3.79. The first-order valence-electron chi connectivity index (χ1n) is 12.6. The molecule has 0 N–H and O–H groups in total. The van der Waals surface area contributed by atoms with E-state index in [1.165, 1.54) is 63.4 Å². The van der Waals surface area contributed by atoms with E-state index in [1.54, 1.807) is 0 Å². The van der Waals surface area contributed by atoms with Crippen LogP contribution < -0.4 is 0 Å². The third-order valence-corrected chi connectivity index (χ3v) is 5.55. The Bertz CT molecular complexity index is 672. The number of allylic oxidation sites excluding steroid dienone is 1. The summed E-state index contributed by atoms with van der Waals surface area (Å²) >= 11 is 0. The molecule has 0 spiro atoms. The molecule has 1 aliphatic carbocycles. The molecule has 0 heterocycles. The van der Waals surface area contributed by atoms with Gasteiger partial charge >= 0.3 is 0 Å². The van der Waals surface area contributed by atoms with E-state index < -0.39 is 0 Å². The molecule has 0 radical (unpaired) electrons. The summed E-state index contributed by atoms with van der Waals surface area (Å²) in [6.45, 7) is 5.77. The van der Waals surface area contributed by atoms with E-state index in [4.69, 9.17) is 4.74 Å². The van der Waals surface area contributed by atoms with E-state index in [0.717, 1.165) is 31.0 Å². The van der Waals surface area contributed by atoms with Gasteiger partial charge in [0.25, 0.3) is 0 Å². The summed E-state index contributed by atoms with van der Waals surface area (Å²) in [6, 6.07) is 20.4. The number of carbonyl (C=O) groups excluding carboxylic acids is 1. The Labute approximate surface area is 197 Å². The van der Waals surface area contributed by atoms with E-state index >= 15 is 0 Å². The minimum absolute atomic E-state index is 0.529. The van der Waals surface area contributed by atoms with Crippen LogP contribution in [-0.4, -0.2) is 19.5 Å². The van der Waals surface area contributed by atoms with E-state index in [1.807, 2.05) is 44.2 Å². The first-order valence-corrected chi connectivity index (χ1v) is 12.6. The van der Waals surface area contributed by atoms with Crippen LogP contribution in [-0.2, 0) is 22.4 Å². The standard InChI is InChI=1S/C20H30O.C8H8O.C2H6/c1(2-6-12-19-13-7-4-8-14-19)3-11-17-21-18-20-15-9-5-10-16-20;9-7-6-8-4-2-1-3-5-8;1-2/h3-4,7-8,11,13-14,20H,1-2,5-6,9-10,12,15-18H2;1-5,7H,6H2;1-2H3/b11-3-;;. The van der Waals surface area contributed by atoms with Crippen LogP contribution in [0.4, 0.5) is 0 Å². The molecular formula is C30H44O2. The Kier molecular flexibility index (Phi) is 18.0. The lowest BCUT2D eigenvalue weighted by molar-refractivity contribution is -0.107. The normalized spacial score (nSPS) is 13.6. The number of ether oxygens (including phenoxy) is 1. The number of carbonyl (C=O) groups is 1. The zero-order valence-electron chi connectivity index (χ0n) is 20.4. The topological polar surface area (TPSA) is 26.3 Å². The molecule has 0 aliphatic heterocycles. The third kappa shape index (κ3) is 14.8. The maximum absolute atomic E-state index is 9.97. The molecule has 0 atom stereocenters. The maximum atomic E-state index is 9.97. The summed E-state index contributed by atoms with van der Waals surface area (Å²) in [5.41, 5.74) is 2.53. The molecular weight excluding hydrogens is 392 g/mol. The number of hydrogen-bond donors (Lipinski definition) is 0. The molecule has 0 saturated heterocycles. The van der Waals surface area contributed by atoms with Crippen molar-refractivity contribution in [2.45, 2.75) is 78.1 Å². The molecule has 0 amide bonds. The second-order valence-electron chi connectivity index (χ2n) is 8.10. The highest BCUT2D eigenvalue weighted by Crippen LogP contribution is 2.23. The number of benzene rings is 2. The molecule has 2 heteroatoms. The molecule has 2 nitrogen and oxygen atoms in total. The van der Waals surface area contributed by atoms with Crippen LogP contribution in [0.1, 0.15) is 76.3 Å². The van der Waals surface area contributed by atoms with Crippen molar-refractivity contribution in [2.24, 2.45) is 5.92 Å². The molecule has 2 aromatic carbocycles. The summed E-state index contributed by atoms with van der Waals surface area (Å²) in [5.74, 6) is 0.832. The third-order valence-electron chi connectivity index (χ3n) is 5.55. The average Bonchev–Trinajstić information content (AvgIpc) is 2.87. The zero-order valence-corrected chi connectivity index (χ0v) is 20.4. The maximum Gasteiger partial charge on any atom is 0.124 e. The van der Waals surface area contributed by atoms with E-state index in [2.05, 4.69) is 42.5 Å². The van der Waals surface area contributed by atoms with Crippen LogP contribution in [0.5, 0.6) is 0 Å². The van der Waals surface area contributed by atoms with Crippen LogP contribution >= 0.6 is 0 Å². The highest BCUT2D eigenvalue weighted by Gasteiger charge is 2.12. The lowest BCUT2D eigenvalue weighted by atomic mass is 9.90. The van der Waals surface area contributed by atoms with Gasteiger partial charge in [-0.3, -0.25) is 0 Å². The summed E-state index contributed by atoms with van der Waals surface area (Å²) in [4.78, 5) is 9.97. The molecule has 32 heavy (non-hydrogen) atoms. The SMILES string of the molecule is C(=C/COCC1CCCCC1)/CCCCc1ccccc1.CC.O=CCc1ccccc1. The monoisotopic (exact) mass is 436 g/mol. The van der Waals surface area contributed by atoms with Crippen molar-refractivity contribution in [2.75, 3.05) is 13.2 Å². The molecule has 2 aromatic rings. The summed E-state index contributed by atoms with van der Waals surface area (Å²) in [6.07, 6.45) is 17.9. The average molecular weight is 437 g/mol. The van der Waals surface area contributed by atoms with Crippen molar-refractivity contribution >= 4 is 6.29 Å². The number of aldehydes is 1. The first-order chi connectivity index (χ1) is 15.9. The summed E-state index contributed by atoms with van der Waals surface area (Å²) in [7, 11) is 0. The quantitative estimate of drug-likeness (QED) is 0.202. The van der Waals surface area contributed by atoms with Gasteiger partial charge in [0.2, 0.25) is 0 Å². The smallest absolute Gasteiger partial charge is 0.124 e. The Balaban J connectivity index is 0.000000388. The molecule has 0 unspecified atom stereocenters. The highest BCUT2D eigenvalue weighted by molar-refractivity contribution is 5.54. The highest BCUT2D eigenvalue weighted by atomic mass is 16.5. The summed E-state index contributed by atoms with van der Waals surface area (Å²) < 4.78 is 5.76. The Morgan fingerprint density at radius 3 is 2.06 bits per heavy atom. The molecule has 1 aliphatic rings. The first kappa shape index (κ1) is 27.8. The van der Waals surface area contributed by atoms with Crippen molar-refractivity contribution < 1.29 is 9.53 Å². The van der Waals surface area contributed by atoms with Gasteiger partial charge in [0.15, 0.2) is 0 Å². The molecule has 3 rings (SSSR count). The Morgan fingerprint density at radius 1 is 0.812 bits per heavy atom. The lowest BCUT2D eigenvalue weighted by Gasteiger charge is -2.20. The largest absolute Gasteiger partial charge is 0.377 e. The van der Waals surface area contributed by atoms with Gasteiger partial charge in [0, 0.05) is 13.0 Å². The number of unbranched alkanes of at least 4 members (excludes halogenated alkanes) is 2. The number of aryl methyl sites for hydroxylation is 1. The second-order valence-corrected chi connectivity index (χ2v) is 8.10. The van der Waals surface area contributed by atoms with Crippen LogP contribution in [0, 0.1) is 5.92 Å². The van der Waals surface area contributed by atoms with Crippen molar-refractivity contribution in [3.05, 3.63) is 83.9 Å². The van der Waals surface area contributed by atoms with Crippen LogP contribution in [0.25, 0.3) is 0 Å². The van der Waals surface area contributed by atoms with E-state index in [0.29, 0.717) is 6.42 Å². The van der Waals surface area contributed by atoms with Crippen molar-refractivity contribution in [3.8, 4) is 0 Å². The zero-order chi connectivity index (χ0) is 23.1. The fraction of sp³-hybridized carbons (Fsp3) is 0.500. The van der Waals surface area contributed by atoms with Gasteiger partial charge in [-0.1, -0.05) is 106 Å². The molecule has 0 bridgehead atoms. The minimum Gasteiger partial charge on any atom is -0.377 e. The number of hydrogen-bond acceptors (Lipinski definition) is 2. The van der Waals surface area contributed by atoms with Gasteiger partial charge in [0.1, 0.15) is 6.29 Å². The predicted molar refractivity (Wildman–Crippen MR) is 138 cm³/mol. The van der Waals surface area contributed by atoms with Gasteiger partial charge in [-0.25, -0.2) is 0 Å². The lowest BCUT2D eigenvalue weighted by Crippen LogP contribution is -2.13. The summed E-state index contributed by atoms with van der Waals surface area (Å²) in [5, 5.41) is 0. The van der Waals surface area contributed by atoms with Gasteiger partial charge in [-0.05, 0) is 55.6 Å². The minimum atomic E-state index is 0.529. The van der Waals surface area contributed by atoms with Gasteiger partial charge in [-0.15, -0.1) is 0 Å². The second kappa shape index (κ2) is 20.7. The fourth-order valence-electron chi connectivity index (χ4n) is 3.79. The van der Waals surface area contributed by atoms with Crippen LogP contribution in [0.15, 0.2) is 72.8 Å². The number of rotatable bonds is 11. The van der Waals surface area contributed by atoms with Gasteiger partial charge in [-0.2, -0.15) is 0 Å².